The van der Waals surface area contributed by atoms with Crippen LogP contribution < -0.4 is 4.74 Å². The zero-order valence-electron chi connectivity index (χ0n) is 16.2. The van der Waals surface area contributed by atoms with Crippen LogP contribution in [0.4, 0.5) is 0 Å². The molecule has 2 aromatic carbocycles. The van der Waals surface area contributed by atoms with E-state index in [-0.39, 0.29) is 10.5 Å². The minimum Gasteiger partial charge on any atom is -0.497 e. The first kappa shape index (κ1) is 20.0. The van der Waals surface area contributed by atoms with Crippen LogP contribution in [-0.4, -0.2) is 33.0 Å². The average Bonchev–Trinajstić information content (AvgIpc) is 3.26. The summed E-state index contributed by atoms with van der Waals surface area (Å²) in [6.07, 6.45) is 7.59. The molecule has 0 aliphatic carbocycles. The van der Waals surface area contributed by atoms with Crippen LogP contribution >= 0.6 is 15.9 Å². The maximum atomic E-state index is 11.2. The number of aromatic nitrogens is 1. The molecule has 0 spiro atoms. The van der Waals surface area contributed by atoms with Crippen molar-refractivity contribution in [3.63, 3.8) is 0 Å². The van der Waals surface area contributed by atoms with Gasteiger partial charge in [-0.2, -0.15) is 0 Å². The van der Waals surface area contributed by atoms with Gasteiger partial charge in [-0.15, -0.1) is 0 Å². The molecule has 1 N–H and O–H groups in total. The first-order chi connectivity index (χ1) is 14.5. The third-order valence-electron chi connectivity index (χ3n) is 4.75. The minimum atomic E-state index is -0.930. The van der Waals surface area contributed by atoms with E-state index >= 15 is 0 Å². The van der Waals surface area contributed by atoms with Crippen molar-refractivity contribution in [2.75, 3.05) is 7.11 Å². The molecular formula is C23H19BrN2O4. The molecule has 4 rings (SSSR count). The number of halogens is 1. The number of ether oxygens (including phenoxy) is 1. The lowest BCUT2D eigenvalue weighted by molar-refractivity contribution is 0.0696. The largest absolute Gasteiger partial charge is 0.497 e. The standard InChI is InChI=1S/C23H19BrN2O4/c1-29-19-7-5-16(6-8-19)20-13-25-22(30-20)17-9-10-26(21(24)12-17)14-15-3-2-4-18(11-15)23(27)28/h2-13,21H,14H2,1H3,(H,27,28). The molecule has 2 heterocycles. The molecule has 7 heteroatoms. The summed E-state index contributed by atoms with van der Waals surface area (Å²) in [5.74, 6) is 1.07. The molecule has 1 atom stereocenters. The van der Waals surface area contributed by atoms with E-state index in [9.17, 15) is 4.79 Å². The Morgan fingerprint density at radius 2 is 2.07 bits per heavy atom. The van der Waals surface area contributed by atoms with Crippen molar-refractivity contribution in [2.45, 2.75) is 11.5 Å². The van der Waals surface area contributed by atoms with E-state index in [0.29, 0.717) is 18.2 Å². The number of oxazole rings is 1. The van der Waals surface area contributed by atoms with Crippen molar-refractivity contribution in [2.24, 2.45) is 0 Å². The van der Waals surface area contributed by atoms with Gasteiger partial charge in [0.1, 0.15) is 10.7 Å². The fraction of sp³-hybridized carbons (Fsp3) is 0.130. The highest BCUT2D eigenvalue weighted by Crippen LogP contribution is 2.30. The number of carboxylic acid groups (broad SMARTS) is 1. The molecule has 30 heavy (non-hydrogen) atoms. The normalized spacial score (nSPS) is 15.7. The molecule has 0 fully saturated rings. The number of allylic oxidation sites excluding steroid dienone is 2. The lowest BCUT2D eigenvalue weighted by Crippen LogP contribution is -2.26. The van der Waals surface area contributed by atoms with E-state index in [2.05, 4.69) is 25.8 Å². The molecule has 3 aromatic rings. The molecule has 1 unspecified atom stereocenters. The van der Waals surface area contributed by atoms with Crippen molar-refractivity contribution in [3.8, 4) is 17.1 Å². The van der Waals surface area contributed by atoms with Gasteiger partial charge in [0.15, 0.2) is 5.76 Å². The fourth-order valence-electron chi connectivity index (χ4n) is 3.15. The van der Waals surface area contributed by atoms with Crippen LogP contribution in [0.2, 0.25) is 0 Å². The number of rotatable bonds is 6. The number of aromatic carboxylic acids is 1. The van der Waals surface area contributed by atoms with Crippen molar-refractivity contribution < 1.29 is 19.1 Å². The van der Waals surface area contributed by atoms with Gasteiger partial charge in [0.05, 0.1) is 18.9 Å². The average molecular weight is 467 g/mol. The SMILES string of the molecule is COc1ccc(-c2cnc(C3=CC(Br)N(Cc4cccc(C(=O)O)c4)C=C3)o2)cc1. The molecular weight excluding hydrogens is 448 g/mol. The molecule has 0 saturated heterocycles. The quantitative estimate of drug-likeness (QED) is 0.398. The van der Waals surface area contributed by atoms with Crippen LogP contribution in [0.5, 0.6) is 5.75 Å². The first-order valence-electron chi connectivity index (χ1n) is 9.26. The van der Waals surface area contributed by atoms with Crippen LogP contribution in [0.1, 0.15) is 21.8 Å². The number of carboxylic acids is 1. The Morgan fingerprint density at radius 3 is 2.77 bits per heavy atom. The van der Waals surface area contributed by atoms with Crippen LogP contribution in [0, 0.1) is 0 Å². The number of hydrogen-bond acceptors (Lipinski definition) is 5. The lowest BCUT2D eigenvalue weighted by Gasteiger charge is -2.27. The minimum absolute atomic E-state index is 0.0812. The van der Waals surface area contributed by atoms with E-state index in [1.165, 1.54) is 0 Å². The highest BCUT2D eigenvalue weighted by Gasteiger charge is 2.19. The zero-order valence-corrected chi connectivity index (χ0v) is 17.7. The smallest absolute Gasteiger partial charge is 0.335 e. The van der Waals surface area contributed by atoms with Gasteiger partial charge in [-0.05, 0) is 54.1 Å². The first-order valence-corrected chi connectivity index (χ1v) is 10.2. The Hall–Kier alpha value is -3.32. The zero-order chi connectivity index (χ0) is 21.1. The molecule has 152 valence electrons. The Balaban J connectivity index is 1.47. The third-order valence-corrected chi connectivity index (χ3v) is 5.54. The predicted octanol–water partition coefficient (Wildman–Crippen LogP) is 5.18. The molecule has 0 saturated carbocycles. The van der Waals surface area contributed by atoms with Crippen molar-refractivity contribution in [3.05, 3.63) is 90.1 Å². The Morgan fingerprint density at radius 1 is 1.27 bits per heavy atom. The topological polar surface area (TPSA) is 75.8 Å². The van der Waals surface area contributed by atoms with Gasteiger partial charge in [0, 0.05) is 23.9 Å². The molecule has 0 amide bonds. The Bertz CT molecular complexity index is 1120. The number of hydrogen-bond donors (Lipinski definition) is 1. The number of alkyl halides is 1. The monoisotopic (exact) mass is 466 g/mol. The van der Waals surface area contributed by atoms with Crippen molar-refractivity contribution in [1.29, 1.82) is 0 Å². The summed E-state index contributed by atoms with van der Waals surface area (Å²) in [6, 6.07) is 14.5. The second-order valence-corrected chi connectivity index (χ2v) is 7.68. The summed E-state index contributed by atoms with van der Waals surface area (Å²) in [4.78, 5) is 17.6. The highest BCUT2D eigenvalue weighted by atomic mass is 79.9. The number of carbonyl (C=O) groups is 1. The summed E-state index contributed by atoms with van der Waals surface area (Å²) in [5.41, 5.74) is 2.98. The molecule has 1 aliphatic heterocycles. The van der Waals surface area contributed by atoms with Crippen molar-refractivity contribution >= 4 is 27.5 Å². The van der Waals surface area contributed by atoms with Gasteiger partial charge in [0.25, 0.3) is 0 Å². The maximum Gasteiger partial charge on any atom is 0.335 e. The summed E-state index contributed by atoms with van der Waals surface area (Å²) < 4.78 is 11.1. The van der Waals surface area contributed by atoms with E-state index in [1.807, 2.05) is 48.7 Å². The summed E-state index contributed by atoms with van der Waals surface area (Å²) in [6.45, 7) is 0.569. The van der Waals surface area contributed by atoms with Gasteiger partial charge in [-0.1, -0.05) is 28.1 Å². The highest BCUT2D eigenvalue weighted by molar-refractivity contribution is 9.09. The fourth-order valence-corrected chi connectivity index (χ4v) is 3.72. The molecule has 1 aromatic heterocycles. The van der Waals surface area contributed by atoms with E-state index in [4.69, 9.17) is 14.3 Å². The maximum absolute atomic E-state index is 11.2. The van der Waals surface area contributed by atoms with Crippen molar-refractivity contribution in [1.82, 2.24) is 9.88 Å². The Kier molecular flexibility index (Phi) is 5.72. The second kappa shape index (κ2) is 8.59. The van der Waals surface area contributed by atoms with Gasteiger partial charge in [0.2, 0.25) is 5.89 Å². The van der Waals surface area contributed by atoms with Crippen LogP contribution in [0.3, 0.4) is 0 Å². The second-order valence-electron chi connectivity index (χ2n) is 6.75. The summed E-state index contributed by atoms with van der Waals surface area (Å²) in [7, 11) is 1.63. The number of methoxy groups -OCH3 is 1. The van der Waals surface area contributed by atoms with Gasteiger partial charge in [-0.25, -0.2) is 9.78 Å². The molecule has 0 radical (unpaired) electrons. The van der Waals surface area contributed by atoms with E-state index in [1.54, 1.807) is 31.5 Å². The lowest BCUT2D eigenvalue weighted by atomic mass is 10.1. The molecule has 0 bridgehead atoms. The van der Waals surface area contributed by atoms with Crippen LogP contribution in [0.25, 0.3) is 16.9 Å². The molecule has 1 aliphatic rings. The summed E-state index contributed by atoms with van der Waals surface area (Å²) in [5, 5.41) is 9.17. The van der Waals surface area contributed by atoms with E-state index in [0.717, 1.165) is 22.4 Å². The Labute approximate surface area is 182 Å². The summed E-state index contributed by atoms with van der Waals surface area (Å²) >= 11 is 3.66. The number of nitrogens with zero attached hydrogens (tertiary/aromatic N) is 2. The number of benzene rings is 2. The van der Waals surface area contributed by atoms with Gasteiger partial charge >= 0.3 is 5.97 Å². The van der Waals surface area contributed by atoms with Gasteiger partial charge in [-0.3, -0.25) is 0 Å². The van der Waals surface area contributed by atoms with E-state index < -0.39 is 5.97 Å². The third kappa shape index (κ3) is 4.31. The van der Waals surface area contributed by atoms with Crippen LogP contribution in [0.15, 0.2) is 77.5 Å². The van der Waals surface area contributed by atoms with Gasteiger partial charge < -0.3 is 19.2 Å². The predicted molar refractivity (Wildman–Crippen MR) is 117 cm³/mol. The van der Waals surface area contributed by atoms with Crippen LogP contribution in [-0.2, 0) is 6.54 Å². The molecule has 6 nitrogen and oxygen atoms in total.